The molecule has 1 aromatic carbocycles. The Hall–Kier alpha value is -1.05. The van der Waals surface area contributed by atoms with E-state index >= 15 is 0 Å². The first-order valence-corrected chi connectivity index (χ1v) is 3.40. The Morgan fingerprint density at radius 2 is 1.83 bits per heavy atom. The maximum absolute atomic E-state index is 9.31. The third-order valence-electron chi connectivity index (χ3n) is 1.61. The number of aromatic nitrogens is 1. The van der Waals surface area contributed by atoms with Crippen LogP contribution in [-0.2, 0) is 17.1 Å². The summed E-state index contributed by atoms with van der Waals surface area (Å²) < 4.78 is 0. The van der Waals surface area contributed by atoms with E-state index in [9.17, 15) is 5.11 Å². The van der Waals surface area contributed by atoms with E-state index in [1.54, 1.807) is 18.3 Å². The first-order chi connectivity index (χ1) is 5.38. The molecule has 0 bridgehead atoms. The van der Waals surface area contributed by atoms with Gasteiger partial charge in [0.15, 0.2) is 0 Å². The summed E-state index contributed by atoms with van der Waals surface area (Å²) in [6.45, 7) is 0. The molecule has 1 aromatic heterocycles. The molecular weight excluding hydrogens is 194 g/mol. The van der Waals surface area contributed by atoms with Gasteiger partial charge in [0, 0.05) is 28.7 Å². The molecule has 0 fully saturated rings. The molecule has 0 radical (unpaired) electrons. The predicted molar refractivity (Wildman–Crippen MR) is 43.4 cm³/mol. The average Bonchev–Trinajstić information content (AvgIpc) is 2.06. The predicted octanol–water partition coefficient (Wildman–Crippen LogP) is 1.94. The smallest absolute Gasteiger partial charge is 0.141 e. The van der Waals surface area contributed by atoms with Gasteiger partial charge in [-0.3, -0.25) is 4.98 Å². The molecule has 0 saturated carbocycles. The van der Waals surface area contributed by atoms with Gasteiger partial charge in [-0.15, -0.1) is 0 Å². The van der Waals surface area contributed by atoms with Crippen LogP contribution in [0.3, 0.4) is 0 Å². The van der Waals surface area contributed by atoms with E-state index < -0.39 is 0 Å². The number of aromatic hydroxyl groups is 1. The molecule has 2 nitrogen and oxygen atoms in total. The first kappa shape index (κ1) is 9.04. The number of benzene rings is 1. The standard InChI is InChI=1S/C9H7NO.Fe/c11-8-5-1-3-7-4-2-6-10-9(7)8;/h1-6,11H;. The molecule has 12 heavy (non-hydrogen) atoms. The van der Waals surface area contributed by atoms with Crippen LogP contribution in [0.1, 0.15) is 0 Å². The van der Waals surface area contributed by atoms with Crippen LogP contribution in [0.15, 0.2) is 36.5 Å². The van der Waals surface area contributed by atoms with Gasteiger partial charge in [0.25, 0.3) is 0 Å². The minimum atomic E-state index is 0. The molecule has 0 aliphatic rings. The minimum Gasteiger partial charge on any atom is -0.506 e. The molecule has 1 N–H and O–H groups in total. The zero-order chi connectivity index (χ0) is 7.68. The molecule has 0 aliphatic heterocycles. The van der Waals surface area contributed by atoms with Gasteiger partial charge in [-0.05, 0) is 12.1 Å². The second kappa shape index (κ2) is 3.57. The van der Waals surface area contributed by atoms with Gasteiger partial charge in [0.1, 0.15) is 11.3 Å². The molecule has 0 aliphatic carbocycles. The maximum atomic E-state index is 9.31. The Morgan fingerprint density at radius 1 is 1.08 bits per heavy atom. The van der Waals surface area contributed by atoms with Gasteiger partial charge in [0.2, 0.25) is 0 Å². The average molecular weight is 201 g/mol. The largest absolute Gasteiger partial charge is 0.506 e. The molecule has 0 saturated heterocycles. The zero-order valence-corrected chi connectivity index (χ0v) is 7.32. The summed E-state index contributed by atoms with van der Waals surface area (Å²) >= 11 is 0. The molecule has 2 aromatic rings. The monoisotopic (exact) mass is 201 g/mol. The molecular formula is C9H7FeNO. The van der Waals surface area contributed by atoms with Crippen molar-refractivity contribution in [3.05, 3.63) is 36.5 Å². The molecule has 0 unspecified atom stereocenters. The topological polar surface area (TPSA) is 33.1 Å². The van der Waals surface area contributed by atoms with Gasteiger partial charge >= 0.3 is 0 Å². The number of rotatable bonds is 0. The third-order valence-corrected chi connectivity index (χ3v) is 1.61. The van der Waals surface area contributed by atoms with Crippen LogP contribution in [0.4, 0.5) is 0 Å². The normalized spacial score (nSPS) is 9.33. The van der Waals surface area contributed by atoms with E-state index in [4.69, 9.17) is 0 Å². The Kier molecular flexibility index (Phi) is 2.69. The Balaban J connectivity index is 0.000000720. The van der Waals surface area contributed by atoms with Crippen molar-refractivity contribution in [1.82, 2.24) is 4.98 Å². The molecule has 0 spiro atoms. The van der Waals surface area contributed by atoms with Gasteiger partial charge in [0.05, 0.1) is 0 Å². The number of hydrogen-bond donors (Lipinski definition) is 1. The van der Waals surface area contributed by atoms with Crippen molar-refractivity contribution in [1.29, 1.82) is 0 Å². The Bertz CT molecular complexity index is 384. The van der Waals surface area contributed by atoms with Crippen molar-refractivity contribution >= 4 is 10.9 Å². The summed E-state index contributed by atoms with van der Waals surface area (Å²) in [7, 11) is 0. The number of fused-ring (bicyclic) bond motifs is 1. The number of phenolic OH excluding ortho intramolecular Hbond substituents is 1. The molecule has 3 heteroatoms. The molecule has 2 rings (SSSR count). The van der Waals surface area contributed by atoms with Crippen molar-refractivity contribution in [3.63, 3.8) is 0 Å². The van der Waals surface area contributed by atoms with Crippen molar-refractivity contribution < 1.29 is 22.2 Å². The number of para-hydroxylation sites is 1. The van der Waals surface area contributed by atoms with Crippen molar-refractivity contribution in [2.75, 3.05) is 0 Å². The van der Waals surface area contributed by atoms with Gasteiger partial charge in [-0.25, -0.2) is 0 Å². The summed E-state index contributed by atoms with van der Waals surface area (Å²) in [4.78, 5) is 4.03. The Labute approximate surface area is 80.7 Å². The van der Waals surface area contributed by atoms with Crippen molar-refractivity contribution in [3.8, 4) is 5.75 Å². The van der Waals surface area contributed by atoms with Crippen LogP contribution in [0.25, 0.3) is 10.9 Å². The van der Waals surface area contributed by atoms with E-state index in [1.165, 1.54) is 0 Å². The Morgan fingerprint density at radius 3 is 2.58 bits per heavy atom. The molecule has 1 heterocycles. The summed E-state index contributed by atoms with van der Waals surface area (Å²) in [5.74, 6) is 0.239. The quantitative estimate of drug-likeness (QED) is 0.660. The number of pyridine rings is 1. The van der Waals surface area contributed by atoms with Crippen LogP contribution < -0.4 is 0 Å². The summed E-state index contributed by atoms with van der Waals surface area (Å²) in [5.41, 5.74) is 0.662. The third kappa shape index (κ3) is 1.42. The van der Waals surface area contributed by atoms with Crippen molar-refractivity contribution in [2.45, 2.75) is 0 Å². The van der Waals surface area contributed by atoms with Crippen LogP contribution in [-0.4, -0.2) is 10.1 Å². The summed E-state index contributed by atoms with van der Waals surface area (Å²) in [6, 6.07) is 9.13. The van der Waals surface area contributed by atoms with Crippen LogP contribution in [0.2, 0.25) is 0 Å². The zero-order valence-electron chi connectivity index (χ0n) is 6.21. The van der Waals surface area contributed by atoms with Crippen LogP contribution >= 0.6 is 0 Å². The number of hydrogen-bond acceptors (Lipinski definition) is 2. The van der Waals surface area contributed by atoms with Crippen molar-refractivity contribution in [2.24, 2.45) is 0 Å². The van der Waals surface area contributed by atoms with Gasteiger partial charge in [-0.1, -0.05) is 18.2 Å². The summed E-state index contributed by atoms with van der Waals surface area (Å²) in [5, 5.41) is 10.3. The fraction of sp³-hybridized carbons (Fsp3) is 0. The van der Waals surface area contributed by atoms with E-state index in [-0.39, 0.29) is 22.8 Å². The molecule has 0 atom stereocenters. The fourth-order valence-electron chi connectivity index (χ4n) is 1.09. The van der Waals surface area contributed by atoms with Crippen LogP contribution in [0, 0.1) is 0 Å². The first-order valence-electron chi connectivity index (χ1n) is 3.40. The maximum Gasteiger partial charge on any atom is 0.141 e. The number of nitrogens with zero attached hydrogens (tertiary/aromatic N) is 1. The minimum absolute atomic E-state index is 0. The fourth-order valence-corrected chi connectivity index (χ4v) is 1.09. The second-order valence-corrected chi connectivity index (χ2v) is 2.35. The van der Waals surface area contributed by atoms with Gasteiger partial charge < -0.3 is 5.11 Å². The molecule has 0 amide bonds. The van der Waals surface area contributed by atoms with E-state index in [2.05, 4.69) is 4.98 Å². The summed E-state index contributed by atoms with van der Waals surface area (Å²) in [6.07, 6.45) is 1.67. The molecule has 62 valence electrons. The van der Waals surface area contributed by atoms with E-state index in [1.807, 2.05) is 18.2 Å². The second-order valence-electron chi connectivity index (χ2n) is 2.35. The van der Waals surface area contributed by atoms with Crippen LogP contribution in [0.5, 0.6) is 5.75 Å². The van der Waals surface area contributed by atoms with E-state index in [0.29, 0.717) is 5.52 Å². The van der Waals surface area contributed by atoms with Gasteiger partial charge in [-0.2, -0.15) is 0 Å². The SMILES string of the molecule is Oc1cccc2cccnc12.[Fe]. The number of phenols is 1. The van der Waals surface area contributed by atoms with E-state index in [0.717, 1.165) is 5.39 Å².